The van der Waals surface area contributed by atoms with Gasteiger partial charge in [0.15, 0.2) is 6.10 Å². The fourth-order valence-electron chi connectivity index (χ4n) is 7.81. The minimum Gasteiger partial charge on any atom is -0.462 e. The van der Waals surface area contributed by atoms with Gasteiger partial charge in [-0.1, -0.05) is 247 Å². The summed E-state index contributed by atoms with van der Waals surface area (Å²) in [6.45, 7) is 11.3. The van der Waals surface area contributed by atoms with Gasteiger partial charge in [0, 0.05) is 19.3 Å². The van der Waals surface area contributed by atoms with Crippen LogP contribution in [0.1, 0.15) is 285 Å². The summed E-state index contributed by atoms with van der Waals surface area (Å²) in [6.07, 6.45) is 45.3. The molecular weight excluding hydrogens is 721 g/mol. The quantitative estimate of drug-likeness (QED) is 0.0346. The maximum atomic E-state index is 12.7. The van der Waals surface area contributed by atoms with E-state index in [1.165, 1.54) is 173 Å². The standard InChI is InChI=1S/C52H100O6/c1-6-7-8-9-25-32-37-42-50(53)56-45-49(58-52(55)44-39-34-29-24-20-16-18-22-27-31-36-41-48(4)5)46-57-51(54)43-38-33-28-23-19-15-13-11-10-12-14-17-21-26-30-35-40-47(2)3/h47-49H,6-46H2,1-5H3/t49-/m0/s1. The normalized spacial score (nSPS) is 12.1. The first-order valence-electron chi connectivity index (χ1n) is 25.7. The fourth-order valence-corrected chi connectivity index (χ4v) is 7.81. The summed E-state index contributed by atoms with van der Waals surface area (Å²) in [5, 5.41) is 0. The monoisotopic (exact) mass is 821 g/mol. The van der Waals surface area contributed by atoms with Crippen molar-refractivity contribution in [3.05, 3.63) is 0 Å². The van der Waals surface area contributed by atoms with Crippen LogP contribution in [0, 0.1) is 11.8 Å². The lowest BCUT2D eigenvalue weighted by molar-refractivity contribution is -0.167. The number of carbonyl (C=O) groups excluding carboxylic acids is 3. The van der Waals surface area contributed by atoms with Crippen LogP contribution in [0.15, 0.2) is 0 Å². The molecule has 0 aliphatic heterocycles. The number of carbonyl (C=O) groups is 3. The van der Waals surface area contributed by atoms with Gasteiger partial charge < -0.3 is 14.2 Å². The van der Waals surface area contributed by atoms with Gasteiger partial charge in [-0.2, -0.15) is 0 Å². The maximum Gasteiger partial charge on any atom is 0.306 e. The minimum absolute atomic E-state index is 0.0640. The highest BCUT2D eigenvalue weighted by molar-refractivity contribution is 5.71. The van der Waals surface area contributed by atoms with Gasteiger partial charge in [-0.05, 0) is 31.1 Å². The first-order chi connectivity index (χ1) is 28.2. The number of unbranched alkanes of at least 4 members (excludes halogenated alkanes) is 31. The molecule has 0 unspecified atom stereocenters. The summed E-state index contributed by atoms with van der Waals surface area (Å²) < 4.78 is 16.7. The Kier molecular flexibility index (Phi) is 43.7. The zero-order chi connectivity index (χ0) is 42.6. The largest absolute Gasteiger partial charge is 0.462 e. The van der Waals surface area contributed by atoms with Crippen LogP contribution in [-0.2, 0) is 28.6 Å². The van der Waals surface area contributed by atoms with Gasteiger partial charge in [0.1, 0.15) is 13.2 Å². The van der Waals surface area contributed by atoms with E-state index in [1.807, 2.05) is 0 Å². The van der Waals surface area contributed by atoms with Crippen LogP contribution in [0.25, 0.3) is 0 Å². The first kappa shape index (κ1) is 56.4. The topological polar surface area (TPSA) is 78.9 Å². The highest BCUT2D eigenvalue weighted by Gasteiger charge is 2.19. The van der Waals surface area contributed by atoms with E-state index < -0.39 is 6.10 Å². The van der Waals surface area contributed by atoms with Gasteiger partial charge in [0.2, 0.25) is 0 Å². The van der Waals surface area contributed by atoms with Gasteiger partial charge in [-0.3, -0.25) is 14.4 Å². The summed E-state index contributed by atoms with van der Waals surface area (Å²) in [5.74, 6) is 0.823. The SMILES string of the molecule is CCCCCCCCCC(=O)OC[C@@H](COC(=O)CCCCCCCCCCCCCCCCCCC(C)C)OC(=O)CCCCCCCCCCCCCC(C)C. The van der Waals surface area contributed by atoms with Gasteiger partial charge in [0.05, 0.1) is 0 Å². The molecule has 0 rings (SSSR count). The zero-order valence-corrected chi connectivity index (χ0v) is 39.7. The van der Waals surface area contributed by atoms with E-state index in [0.29, 0.717) is 19.3 Å². The average molecular weight is 821 g/mol. The summed E-state index contributed by atoms with van der Waals surface area (Å²) in [4.78, 5) is 37.8. The van der Waals surface area contributed by atoms with Gasteiger partial charge in [-0.15, -0.1) is 0 Å². The molecule has 0 fully saturated rings. The Morgan fingerprint density at radius 3 is 0.845 bits per heavy atom. The summed E-state index contributed by atoms with van der Waals surface area (Å²) in [7, 11) is 0. The smallest absolute Gasteiger partial charge is 0.306 e. The zero-order valence-electron chi connectivity index (χ0n) is 39.7. The van der Waals surface area contributed by atoms with Crippen molar-refractivity contribution in [2.45, 2.75) is 291 Å². The molecule has 6 heteroatoms. The van der Waals surface area contributed by atoms with E-state index in [4.69, 9.17) is 14.2 Å². The second-order valence-electron chi connectivity index (χ2n) is 18.8. The predicted octanol–water partition coefficient (Wildman–Crippen LogP) is 16.5. The molecule has 0 N–H and O–H groups in total. The molecule has 0 aliphatic rings. The molecule has 0 saturated heterocycles. The molecule has 0 aromatic carbocycles. The summed E-state index contributed by atoms with van der Waals surface area (Å²) in [6, 6.07) is 0. The lowest BCUT2D eigenvalue weighted by atomic mass is 10.0. The Bertz CT molecular complexity index is 885. The molecule has 0 heterocycles. The third-order valence-electron chi connectivity index (χ3n) is 11.7. The van der Waals surface area contributed by atoms with Crippen molar-refractivity contribution in [2.24, 2.45) is 11.8 Å². The van der Waals surface area contributed by atoms with Crippen molar-refractivity contribution in [3.8, 4) is 0 Å². The Morgan fingerprint density at radius 2 is 0.569 bits per heavy atom. The van der Waals surface area contributed by atoms with Crippen LogP contribution >= 0.6 is 0 Å². The first-order valence-corrected chi connectivity index (χ1v) is 25.7. The Balaban J connectivity index is 4.17. The molecule has 0 aromatic heterocycles. The number of hydrogen-bond donors (Lipinski definition) is 0. The van der Waals surface area contributed by atoms with Crippen LogP contribution in [0.5, 0.6) is 0 Å². The second kappa shape index (κ2) is 44.9. The highest BCUT2D eigenvalue weighted by atomic mass is 16.6. The van der Waals surface area contributed by atoms with Gasteiger partial charge in [-0.25, -0.2) is 0 Å². The van der Waals surface area contributed by atoms with Crippen LogP contribution < -0.4 is 0 Å². The maximum absolute atomic E-state index is 12.7. The van der Waals surface area contributed by atoms with Crippen LogP contribution in [0.4, 0.5) is 0 Å². The molecule has 58 heavy (non-hydrogen) atoms. The van der Waals surface area contributed by atoms with Crippen molar-refractivity contribution >= 4 is 17.9 Å². The third-order valence-corrected chi connectivity index (χ3v) is 11.7. The average Bonchev–Trinajstić information content (AvgIpc) is 3.19. The van der Waals surface area contributed by atoms with E-state index in [9.17, 15) is 14.4 Å². The summed E-state index contributed by atoms with van der Waals surface area (Å²) in [5.41, 5.74) is 0. The minimum atomic E-state index is -0.760. The molecule has 6 nitrogen and oxygen atoms in total. The van der Waals surface area contributed by atoms with Crippen molar-refractivity contribution in [1.82, 2.24) is 0 Å². The molecule has 344 valence electrons. The van der Waals surface area contributed by atoms with Gasteiger partial charge >= 0.3 is 17.9 Å². The third kappa shape index (κ3) is 45.5. The number of hydrogen-bond acceptors (Lipinski definition) is 6. The van der Waals surface area contributed by atoms with Crippen molar-refractivity contribution in [1.29, 1.82) is 0 Å². The van der Waals surface area contributed by atoms with Crippen LogP contribution in [-0.4, -0.2) is 37.2 Å². The Morgan fingerprint density at radius 1 is 0.328 bits per heavy atom. The lowest BCUT2D eigenvalue weighted by Crippen LogP contribution is -2.30. The number of ether oxygens (including phenoxy) is 3. The molecule has 0 bridgehead atoms. The Hall–Kier alpha value is -1.59. The number of esters is 3. The van der Waals surface area contributed by atoms with Crippen molar-refractivity contribution < 1.29 is 28.6 Å². The molecule has 0 aromatic rings. The fraction of sp³-hybridized carbons (Fsp3) is 0.942. The predicted molar refractivity (Wildman–Crippen MR) is 247 cm³/mol. The Labute approximate surface area is 361 Å². The second-order valence-corrected chi connectivity index (χ2v) is 18.8. The van der Waals surface area contributed by atoms with E-state index in [1.54, 1.807) is 0 Å². The summed E-state index contributed by atoms with van der Waals surface area (Å²) >= 11 is 0. The highest BCUT2D eigenvalue weighted by Crippen LogP contribution is 2.17. The van der Waals surface area contributed by atoms with Crippen LogP contribution in [0.3, 0.4) is 0 Å². The molecule has 1 atom stereocenters. The van der Waals surface area contributed by atoms with Crippen LogP contribution in [0.2, 0.25) is 0 Å². The molecule has 0 radical (unpaired) electrons. The van der Waals surface area contributed by atoms with E-state index >= 15 is 0 Å². The van der Waals surface area contributed by atoms with Crippen molar-refractivity contribution in [3.63, 3.8) is 0 Å². The molecule has 0 aliphatic carbocycles. The van der Waals surface area contributed by atoms with E-state index in [-0.39, 0.29) is 31.1 Å². The lowest BCUT2D eigenvalue weighted by Gasteiger charge is -2.18. The van der Waals surface area contributed by atoms with Crippen molar-refractivity contribution in [2.75, 3.05) is 13.2 Å². The number of rotatable bonds is 46. The molecule has 0 spiro atoms. The molecule has 0 amide bonds. The van der Waals surface area contributed by atoms with E-state index in [0.717, 1.165) is 69.6 Å². The van der Waals surface area contributed by atoms with E-state index in [2.05, 4.69) is 34.6 Å². The van der Waals surface area contributed by atoms with Gasteiger partial charge in [0.25, 0.3) is 0 Å². The molecular formula is C52H100O6. The molecule has 0 saturated carbocycles.